The number of carbonyl (C=O) groups excluding carboxylic acids is 1. The second-order valence-corrected chi connectivity index (χ2v) is 5.31. The van der Waals surface area contributed by atoms with Crippen LogP contribution in [0.3, 0.4) is 0 Å². The highest BCUT2D eigenvalue weighted by Crippen LogP contribution is 2.21. The van der Waals surface area contributed by atoms with Crippen molar-refractivity contribution in [2.45, 2.75) is 13.0 Å². The van der Waals surface area contributed by atoms with Gasteiger partial charge in [-0.1, -0.05) is 17.3 Å². The van der Waals surface area contributed by atoms with Crippen molar-refractivity contribution < 1.29 is 13.7 Å². The monoisotopic (exact) mass is 329 g/mol. The van der Waals surface area contributed by atoms with Gasteiger partial charge in [-0.05, 0) is 24.6 Å². The molecule has 0 radical (unpaired) electrons. The first-order chi connectivity index (χ1) is 11.5. The lowest BCUT2D eigenvalue weighted by atomic mass is 10.1. The summed E-state index contributed by atoms with van der Waals surface area (Å²) in [4.78, 5) is 16.5. The van der Waals surface area contributed by atoms with Crippen LogP contribution in [0.25, 0.3) is 0 Å². The van der Waals surface area contributed by atoms with E-state index in [-0.39, 0.29) is 5.82 Å². The summed E-state index contributed by atoms with van der Waals surface area (Å²) < 4.78 is 20.2. The fourth-order valence-corrected chi connectivity index (χ4v) is 2.35. The Labute approximate surface area is 137 Å². The summed E-state index contributed by atoms with van der Waals surface area (Å²) in [5.41, 5.74) is 0.579. The third-order valence-electron chi connectivity index (χ3n) is 3.44. The van der Waals surface area contributed by atoms with Crippen LogP contribution in [0, 0.1) is 12.7 Å². The molecule has 0 aliphatic carbocycles. The molecular formula is C16H16FN5O2. The quantitative estimate of drug-likeness (QED) is 0.771. The Morgan fingerprint density at radius 3 is 2.83 bits per heavy atom. The fraction of sp³-hybridized carbons (Fsp3) is 0.188. The highest BCUT2D eigenvalue weighted by molar-refractivity contribution is 5.88. The van der Waals surface area contributed by atoms with Crippen molar-refractivity contribution in [1.29, 1.82) is 0 Å². The summed E-state index contributed by atoms with van der Waals surface area (Å²) in [5.74, 6) is 1.06. The van der Waals surface area contributed by atoms with Crippen molar-refractivity contribution in [1.82, 2.24) is 20.0 Å². The lowest BCUT2D eigenvalue weighted by Crippen LogP contribution is -2.34. The van der Waals surface area contributed by atoms with Crippen molar-refractivity contribution in [2.24, 2.45) is 7.05 Å². The molecule has 2 aromatic heterocycles. The largest absolute Gasteiger partial charge is 0.360 e. The number of rotatable bonds is 4. The van der Waals surface area contributed by atoms with Crippen LogP contribution in [0.4, 0.5) is 15.0 Å². The van der Waals surface area contributed by atoms with Crippen LogP contribution in [0.15, 0.2) is 47.2 Å². The van der Waals surface area contributed by atoms with E-state index < -0.39 is 12.1 Å². The SMILES string of the molecule is Cc1cc(NC(=O)N[C@H](c2cccc(F)c2)c2nccn2C)no1. The van der Waals surface area contributed by atoms with E-state index in [0.29, 0.717) is 23.0 Å². The molecule has 3 rings (SSSR count). The Morgan fingerprint density at radius 1 is 1.38 bits per heavy atom. The zero-order chi connectivity index (χ0) is 17.1. The van der Waals surface area contributed by atoms with Gasteiger partial charge >= 0.3 is 6.03 Å². The van der Waals surface area contributed by atoms with E-state index in [4.69, 9.17) is 4.52 Å². The number of nitrogens with one attached hydrogen (secondary N) is 2. The van der Waals surface area contributed by atoms with Gasteiger partial charge in [0.05, 0.1) is 0 Å². The predicted molar refractivity (Wildman–Crippen MR) is 84.8 cm³/mol. The van der Waals surface area contributed by atoms with Crippen LogP contribution in [0.2, 0.25) is 0 Å². The zero-order valence-corrected chi connectivity index (χ0v) is 13.2. The Bertz CT molecular complexity index is 858. The molecule has 2 heterocycles. The normalized spacial score (nSPS) is 12.0. The predicted octanol–water partition coefficient (Wildman–Crippen LogP) is 2.77. The number of imidazole rings is 1. The standard InChI is InChI=1S/C16H16FN5O2/c1-10-8-13(21-24-10)19-16(23)20-14(15-18-6-7-22(15)2)11-4-3-5-12(17)9-11/h3-9,14H,1-2H3,(H2,19,20,21,23)/t14-/m1/s1. The number of benzene rings is 1. The molecule has 0 fully saturated rings. The number of aromatic nitrogens is 3. The molecule has 0 saturated carbocycles. The maximum atomic E-state index is 13.6. The Hall–Kier alpha value is -3.16. The summed E-state index contributed by atoms with van der Waals surface area (Å²) in [6, 6.07) is 6.49. The lowest BCUT2D eigenvalue weighted by Gasteiger charge is -2.19. The molecule has 2 N–H and O–H groups in total. The maximum absolute atomic E-state index is 13.6. The number of hydrogen-bond acceptors (Lipinski definition) is 4. The molecule has 7 nitrogen and oxygen atoms in total. The molecule has 24 heavy (non-hydrogen) atoms. The molecule has 0 saturated heterocycles. The molecule has 8 heteroatoms. The summed E-state index contributed by atoms with van der Waals surface area (Å²) in [7, 11) is 1.80. The topological polar surface area (TPSA) is 85.0 Å². The Kier molecular flexibility index (Phi) is 4.28. The zero-order valence-electron chi connectivity index (χ0n) is 13.2. The van der Waals surface area contributed by atoms with Gasteiger partial charge in [-0.3, -0.25) is 5.32 Å². The second kappa shape index (κ2) is 6.53. The molecule has 0 aliphatic rings. The number of nitrogens with zero attached hydrogens (tertiary/aromatic N) is 3. The van der Waals surface area contributed by atoms with E-state index in [1.165, 1.54) is 12.1 Å². The molecule has 3 aromatic rings. The van der Waals surface area contributed by atoms with E-state index in [1.807, 2.05) is 0 Å². The fourth-order valence-electron chi connectivity index (χ4n) is 2.35. The molecule has 0 unspecified atom stereocenters. The van der Waals surface area contributed by atoms with E-state index in [0.717, 1.165) is 0 Å². The Balaban J connectivity index is 1.85. The van der Waals surface area contributed by atoms with Gasteiger partial charge in [0.15, 0.2) is 5.82 Å². The van der Waals surface area contributed by atoms with Gasteiger partial charge in [-0.25, -0.2) is 14.2 Å². The number of anilines is 1. The van der Waals surface area contributed by atoms with E-state index >= 15 is 0 Å². The van der Waals surface area contributed by atoms with Crippen LogP contribution in [-0.4, -0.2) is 20.7 Å². The summed E-state index contributed by atoms with van der Waals surface area (Å²) in [6.07, 6.45) is 3.37. The number of aryl methyl sites for hydroxylation is 2. The molecule has 1 atom stereocenters. The van der Waals surface area contributed by atoms with Gasteiger partial charge in [0, 0.05) is 25.5 Å². The number of hydrogen-bond donors (Lipinski definition) is 2. The smallest absolute Gasteiger partial charge is 0.321 e. The highest BCUT2D eigenvalue weighted by Gasteiger charge is 2.21. The van der Waals surface area contributed by atoms with E-state index in [9.17, 15) is 9.18 Å². The third-order valence-corrected chi connectivity index (χ3v) is 3.44. The van der Waals surface area contributed by atoms with Gasteiger partial charge in [-0.2, -0.15) is 0 Å². The van der Waals surface area contributed by atoms with Crippen LogP contribution >= 0.6 is 0 Å². The van der Waals surface area contributed by atoms with Crippen LogP contribution in [0.1, 0.15) is 23.2 Å². The molecule has 124 valence electrons. The van der Waals surface area contributed by atoms with Crippen molar-refractivity contribution in [3.05, 3.63) is 65.7 Å². The average Bonchev–Trinajstić information content (AvgIpc) is 3.13. The highest BCUT2D eigenvalue weighted by atomic mass is 19.1. The van der Waals surface area contributed by atoms with Crippen LogP contribution in [0.5, 0.6) is 0 Å². The van der Waals surface area contributed by atoms with Gasteiger partial charge < -0.3 is 14.4 Å². The van der Waals surface area contributed by atoms with Gasteiger partial charge in [0.25, 0.3) is 0 Å². The lowest BCUT2D eigenvalue weighted by molar-refractivity contribution is 0.249. The summed E-state index contributed by atoms with van der Waals surface area (Å²) in [6.45, 7) is 1.72. The second-order valence-electron chi connectivity index (χ2n) is 5.31. The first kappa shape index (κ1) is 15.7. The first-order valence-electron chi connectivity index (χ1n) is 7.26. The Morgan fingerprint density at radius 2 is 2.21 bits per heavy atom. The maximum Gasteiger partial charge on any atom is 0.321 e. The number of carbonyl (C=O) groups is 1. The molecule has 2 amide bonds. The van der Waals surface area contributed by atoms with Gasteiger partial charge in [0.1, 0.15) is 23.4 Å². The minimum Gasteiger partial charge on any atom is -0.360 e. The van der Waals surface area contributed by atoms with Gasteiger partial charge in [-0.15, -0.1) is 0 Å². The number of halogens is 1. The van der Waals surface area contributed by atoms with Crippen molar-refractivity contribution >= 4 is 11.8 Å². The summed E-state index contributed by atoms with van der Waals surface area (Å²) in [5, 5.41) is 9.06. The molecule has 0 bridgehead atoms. The van der Waals surface area contributed by atoms with E-state index in [1.54, 1.807) is 49.1 Å². The first-order valence-corrected chi connectivity index (χ1v) is 7.26. The third kappa shape index (κ3) is 3.43. The number of urea groups is 1. The minimum absolute atomic E-state index is 0.294. The molecule has 1 aromatic carbocycles. The molecular weight excluding hydrogens is 313 g/mol. The average molecular weight is 329 g/mol. The van der Waals surface area contributed by atoms with Crippen molar-refractivity contribution in [3.63, 3.8) is 0 Å². The van der Waals surface area contributed by atoms with Crippen LogP contribution in [-0.2, 0) is 7.05 Å². The minimum atomic E-state index is -0.617. The summed E-state index contributed by atoms with van der Waals surface area (Å²) >= 11 is 0. The van der Waals surface area contributed by atoms with E-state index in [2.05, 4.69) is 20.8 Å². The van der Waals surface area contributed by atoms with Crippen molar-refractivity contribution in [2.75, 3.05) is 5.32 Å². The van der Waals surface area contributed by atoms with Crippen LogP contribution < -0.4 is 10.6 Å². The van der Waals surface area contributed by atoms with Crippen molar-refractivity contribution in [3.8, 4) is 0 Å². The number of amides is 2. The van der Waals surface area contributed by atoms with Gasteiger partial charge in [0.2, 0.25) is 0 Å². The molecule has 0 aliphatic heterocycles. The molecule has 0 spiro atoms.